The second-order valence-corrected chi connectivity index (χ2v) is 14.7. The number of aliphatic hydroxyl groups is 2. The Hall–Kier alpha value is -5.72. The molecule has 58 heavy (non-hydrogen) atoms. The largest absolute Gasteiger partial charge is 0.507 e. The molecule has 2 aliphatic heterocycles. The van der Waals surface area contributed by atoms with Crippen molar-refractivity contribution >= 4 is 23.9 Å². The van der Waals surface area contributed by atoms with E-state index >= 15 is 0 Å². The van der Waals surface area contributed by atoms with Crippen LogP contribution in [0.1, 0.15) is 97.6 Å². The lowest BCUT2D eigenvalue weighted by molar-refractivity contribution is -0.121. The number of phenolic OH excluding ortho intramolecular Hbond substituents is 2. The lowest BCUT2D eigenvalue weighted by Gasteiger charge is -2.25. The highest BCUT2D eigenvalue weighted by molar-refractivity contribution is 6.01. The van der Waals surface area contributed by atoms with E-state index in [1.807, 2.05) is 51.2 Å². The molecule has 2 heterocycles. The molecule has 0 saturated carbocycles. The van der Waals surface area contributed by atoms with Gasteiger partial charge in [0.05, 0.1) is 12.2 Å². The fraction of sp³-hybridized carbons (Fsp3) is 0.391. The maximum Gasteiger partial charge on any atom is 0.342 e. The van der Waals surface area contributed by atoms with Gasteiger partial charge >= 0.3 is 18.0 Å². The standard InChI is InChI=1S/C46H56N2O10/c1-4-5-6-7-26-41(53)48(28-15-23-36-30-40(52)32(3)17-9-11-19-34-21-13-25-38(50)43(34)45(55)58-36)46(56)47-27-14-22-35-29-39(51)31(2)16-8-10-18-33-20-12-24-37(49)42(33)44(54)57-35/h5-15,20-21,24-28,31-32,35-36,39-40,49-52H,4,16-19,22-23,29-30H2,1-3H3,(H,47,56)/t31-,32-,35-,36-,39+,40+/m0/s1. The zero-order valence-corrected chi connectivity index (χ0v) is 33.4. The Labute approximate surface area is 340 Å². The van der Waals surface area contributed by atoms with Crippen LogP contribution in [0.5, 0.6) is 11.5 Å². The van der Waals surface area contributed by atoms with Crippen LogP contribution >= 0.6 is 0 Å². The van der Waals surface area contributed by atoms with Crippen molar-refractivity contribution in [2.75, 3.05) is 0 Å². The Kier molecular flexibility index (Phi) is 17.7. The van der Waals surface area contributed by atoms with Gasteiger partial charge in [-0.3, -0.25) is 4.79 Å². The zero-order valence-electron chi connectivity index (χ0n) is 33.4. The first-order valence-electron chi connectivity index (χ1n) is 19.9. The van der Waals surface area contributed by atoms with Gasteiger partial charge in [0.15, 0.2) is 0 Å². The van der Waals surface area contributed by atoms with Crippen molar-refractivity contribution in [1.29, 1.82) is 0 Å². The van der Waals surface area contributed by atoms with E-state index in [9.17, 15) is 39.6 Å². The van der Waals surface area contributed by atoms with E-state index in [-0.39, 0.29) is 60.1 Å². The van der Waals surface area contributed by atoms with E-state index in [1.54, 1.807) is 36.4 Å². The first kappa shape index (κ1) is 45.0. The number of aliphatic hydroxyl groups excluding tert-OH is 2. The van der Waals surface area contributed by atoms with E-state index in [0.717, 1.165) is 11.3 Å². The third-order valence-electron chi connectivity index (χ3n) is 10.1. The Morgan fingerprint density at radius 2 is 1.28 bits per heavy atom. The van der Waals surface area contributed by atoms with Gasteiger partial charge in [-0.1, -0.05) is 99.7 Å². The summed E-state index contributed by atoms with van der Waals surface area (Å²) in [5, 5.41) is 45.5. The van der Waals surface area contributed by atoms with Crippen LogP contribution in [0.25, 0.3) is 0 Å². The van der Waals surface area contributed by atoms with Crippen LogP contribution in [0.15, 0.2) is 110 Å². The molecule has 0 spiro atoms. The highest BCUT2D eigenvalue weighted by atomic mass is 16.5. The summed E-state index contributed by atoms with van der Waals surface area (Å²) in [6.07, 6.45) is 19.2. The number of esters is 2. The number of imide groups is 1. The van der Waals surface area contributed by atoms with E-state index in [1.165, 1.54) is 42.8 Å². The molecule has 12 nitrogen and oxygen atoms in total. The Balaban J connectivity index is 1.51. The zero-order chi connectivity index (χ0) is 42.0. The van der Waals surface area contributed by atoms with E-state index in [2.05, 4.69) is 5.32 Å². The third-order valence-corrected chi connectivity index (χ3v) is 10.1. The maximum absolute atomic E-state index is 13.5. The maximum atomic E-state index is 13.5. The minimum absolute atomic E-state index is 0.0307. The second-order valence-electron chi connectivity index (χ2n) is 14.7. The number of carbonyl (C=O) groups excluding carboxylic acids is 4. The molecule has 0 bridgehead atoms. The molecule has 2 aromatic carbocycles. The number of phenols is 2. The van der Waals surface area contributed by atoms with Crippen LogP contribution in [-0.2, 0) is 27.1 Å². The number of ether oxygens (including phenoxy) is 2. The average molecular weight is 797 g/mol. The molecule has 12 heteroatoms. The van der Waals surface area contributed by atoms with Crippen molar-refractivity contribution in [3.8, 4) is 11.5 Å². The van der Waals surface area contributed by atoms with Gasteiger partial charge in [-0.25, -0.2) is 19.3 Å². The number of hydrogen-bond acceptors (Lipinski definition) is 10. The van der Waals surface area contributed by atoms with Crippen molar-refractivity contribution in [3.05, 3.63) is 132 Å². The molecular weight excluding hydrogens is 741 g/mol. The smallest absolute Gasteiger partial charge is 0.342 e. The van der Waals surface area contributed by atoms with Gasteiger partial charge < -0.3 is 35.2 Å². The summed E-state index contributed by atoms with van der Waals surface area (Å²) >= 11 is 0. The number of rotatable bonds is 9. The van der Waals surface area contributed by atoms with Crippen molar-refractivity contribution in [2.24, 2.45) is 11.8 Å². The van der Waals surface area contributed by atoms with Gasteiger partial charge in [0.1, 0.15) is 34.8 Å². The molecule has 310 valence electrons. The van der Waals surface area contributed by atoms with Crippen molar-refractivity contribution in [1.82, 2.24) is 10.2 Å². The van der Waals surface area contributed by atoms with Crippen LogP contribution < -0.4 is 5.32 Å². The van der Waals surface area contributed by atoms with Crippen LogP contribution in [0.4, 0.5) is 4.79 Å². The number of benzene rings is 2. The fourth-order valence-corrected chi connectivity index (χ4v) is 6.56. The molecule has 6 atom stereocenters. The number of aromatic hydroxyl groups is 2. The number of fused-ring (bicyclic) bond motifs is 2. The normalized spacial score (nSPS) is 23.6. The van der Waals surface area contributed by atoms with E-state index in [0.29, 0.717) is 36.8 Å². The van der Waals surface area contributed by atoms with Gasteiger partial charge in [-0.2, -0.15) is 0 Å². The molecule has 3 amide bonds. The number of amides is 3. The molecule has 0 saturated heterocycles. The average Bonchev–Trinajstić information content (AvgIpc) is 3.18. The van der Waals surface area contributed by atoms with E-state index in [4.69, 9.17) is 9.47 Å². The number of nitrogens with zero attached hydrogens (tertiary/aromatic N) is 1. The Morgan fingerprint density at radius 3 is 1.79 bits per heavy atom. The predicted octanol–water partition coefficient (Wildman–Crippen LogP) is 7.50. The second kappa shape index (κ2) is 22.9. The lowest BCUT2D eigenvalue weighted by atomic mass is 9.93. The van der Waals surface area contributed by atoms with Gasteiger partial charge in [-0.05, 0) is 67.2 Å². The van der Waals surface area contributed by atoms with Crippen molar-refractivity contribution < 1.29 is 49.1 Å². The SMILES string of the molecule is CCC=CC=CC(=O)N(C=CC[C@H]1C[C@@H](O)[C@@H](C)CC=CCc2cccc(O)c2C(=O)O1)C(=O)NC=CC[C@H]1C[C@@H](O)[C@@H](C)CC=CCc2cccc(O)c2C(=O)O1. The minimum atomic E-state index is -0.864. The number of allylic oxidation sites excluding steroid dienone is 7. The molecule has 2 aromatic rings. The quantitative estimate of drug-likeness (QED) is 0.0738. The monoisotopic (exact) mass is 796 g/mol. The van der Waals surface area contributed by atoms with Crippen LogP contribution in [-0.4, -0.2) is 73.6 Å². The molecule has 0 aliphatic carbocycles. The summed E-state index contributed by atoms with van der Waals surface area (Å²) in [4.78, 5) is 54.3. The summed E-state index contributed by atoms with van der Waals surface area (Å²) in [5.74, 6) is -2.87. The molecule has 0 unspecified atom stereocenters. The number of urea groups is 1. The lowest BCUT2D eigenvalue weighted by Crippen LogP contribution is -2.37. The number of nitrogens with one attached hydrogen (secondary N) is 1. The highest BCUT2D eigenvalue weighted by Crippen LogP contribution is 2.28. The first-order chi connectivity index (χ1) is 27.9. The summed E-state index contributed by atoms with van der Waals surface area (Å²) in [7, 11) is 0. The molecule has 0 fully saturated rings. The minimum Gasteiger partial charge on any atom is -0.507 e. The first-order valence-corrected chi connectivity index (χ1v) is 19.9. The molecule has 5 N–H and O–H groups in total. The van der Waals surface area contributed by atoms with Gasteiger partial charge in [0.25, 0.3) is 5.91 Å². The van der Waals surface area contributed by atoms with Gasteiger partial charge in [-0.15, -0.1) is 0 Å². The van der Waals surface area contributed by atoms with Gasteiger partial charge in [0.2, 0.25) is 0 Å². The predicted molar refractivity (Wildman–Crippen MR) is 221 cm³/mol. The van der Waals surface area contributed by atoms with Crippen molar-refractivity contribution in [2.45, 2.75) is 103 Å². The highest BCUT2D eigenvalue weighted by Gasteiger charge is 2.27. The molecule has 0 aromatic heterocycles. The van der Waals surface area contributed by atoms with Gasteiger partial charge in [0, 0.05) is 44.2 Å². The molecule has 2 aliphatic rings. The molecule has 4 rings (SSSR count). The summed E-state index contributed by atoms with van der Waals surface area (Å²) < 4.78 is 11.6. The Morgan fingerprint density at radius 1 is 0.759 bits per heavy atom. The summed E-state index contributed by atoms with van der Waals surface area (Å²) in [5.41, 5.74) is 1.28. The van der Waals surface area contributed by atoms with Crippen molar-refractivity contribution in [3.63, 3.8) is 0 Å². The van der Waals surface area contributed by atoms with Crippen LogP contribution in [0.2, 0.25) is 0 Å². The number of carbonyl (C=O) groups is 4. The van der Waals surface area contributed by atoms with Crippen LogP contribution in [0.3, 0.4) is 0 Å². The summed E-state index contributed by atoms with van der Waals surface area (Å²) in [6.45, 7) is 5.73. The number of cyclic esters (lactones) is 2. The molecule has 0 radical (unpaired) electrons. The number of hydrogen-bond donors (Lipinski definition) is 5. The van der Waals surface area contributed by atoms with E-state index < -0.39 is 48.3 Å². The third kappa shape index (κ3) is 13.5. The Bertz CT molecular complexity index is 1910. The van der Waals surface area contributed by atoms with Crippen LogP contribution in [0, 0.1) is 11.8 Å². The summed E-state index contributed by atoms with van der Waals surface area (Å²) in [6, 6.07) is 8.79. The fourth-order valence-electron chi connectivity index (χ4n) is 6.56. The topological polar surface area (TPSA) is 183 Å². The molecular formula is C46H56N2O10.